The summed E-state index contributed by atoms with van der Waals surface area (Å²) < 4.78 is 34.6. The van der Waals surface area contributed by atoms with Crippen LogP contribution < -0.4 is 14.4 Å². The van der Waals surface area contributed by atoms with Crippen LogP contribution in [0, 0.1) is 6.92 Å². The van der Waals surface area contributed by atoms with Crippen molar-refractivity contribution < 1.29 is 17.9 Å². The first-order valence-electron chi connectivity index (χ1n) is 12.7. The lowest BCUT2D eigenvalue weighted by Crippen LogP contribution is -2.51. The monoisotopic (exact) mass is 538 g/mol. The van der Waals surface area contributed by atoms with E-state index in [0.717, 1.165) is 24.0 Å². The van der Waals surface area contributed by atoms with Gasteiger partial charge < -0.3 is 10.1 Å². The number of nitrogens with zero attached hydrogens (tertiary/aromatic N) is 1. The van der Waals surface area contributed by atoms with Crippen LogP contribution >= 0.6 is 11.6 Å². The molecule has 0 fully saturated rings. The maximum atomic E-state index is 13.7. The fourth-order valence-corrected chi connectivity index (χ4v) is 6.72. The van der Waals surface area contributed by atoms with Crippen LogP contribution in [-0.2, 0) is 27.7 Å². The van der Waals surface area contributed by atoms with Crippen LogP contribution in [0.4, 0.5) is 5.69 Å². The summed E-state index contributed by atoms with van der Waals surface area (Å²) in [6.45, 7) is 3.76. The predicted octanol–water partition coefficient (Wildman–Crippen LogP) is 5.75. The van der Waals surface area contributed by atoms with E-state index >= 15 is 0 Å². The lowest BCUT2D eigenvalue weighted by atomic mass is 9.88. The molecule has 1 heterocycles. The molecule has 1 N–H and O–H groups in total. The minimum Gasteiger partial charge on any atom is -0.476 e. The molecule has 0 bridgehead atoms. The molecule has 2 atom stereocenters. The van der Waals surface area contributed by atoms with E-state index in [1.54, 1.807) is 42.5 Å². The average Bonchev–Trinajstić information content (AvgIpc) is 2.91. The average molecular weight is 539 g/mol. The first-order chi connectivity index (χ1) is 17.8. The highest BCUT2D eigenvalue weighted by atomic mass is 35.5. The lowest BCUT2D eigenvalue weighted by Gasteiger charge is -2.35. The van der Waals surface area contributed by atoms with E-state index in [-0.39, 0.29) is 23.4 Å². The van der Waals surface area contributed by atoms with Gasteiger partial charge in [-0.15, -0.1) is 0 Å². The van der Waals surface area contributed by atoms with Crippen LogP contribution in [0.25, 0.3) is 0 Å². The van der Waals surface area contributed by atoms with Gasteiger partial charge in [-0.1, -0.05) is 54.4 Å². The Labute approximate surface area is 223 Å². The summed E-state index contributed by atoms with van der Waals surface area (Å²) in [7, 11) is -3.96. The molecule has 0 unspecified atom stereocenters. The standard InChI is InChI=1S/C29H31ClN2O4S/c1-3-25(22-11-10-20-6-4-5-7-21(20)16-22)31-29(33)28-18-32(26-17-23(30)12-15-27(26)36-28)37(34,35)24-13-8-19(2)9-14-24/h8-17,25,28H,3-7,18H2,1-2H3,(H,31,33)/t25-,28+/m0/s1. The second kappa shape index (κ2) is 10.4. The molecule has 37 heavy (non-hydrogen) atoms. The summed E-state index contributed by atoms with van der Waals surface area (Å²) >= 11 is 6.21. The van der Waals surface area contributed by atoms with E-state index in [2.05, 4.69) is 23.5 Å². The van der Waals surface area contributed by atoms with Crippen molar-refractivity contribution in [1.29, 1.82) is 0 Å². The van der Waals surface area contributed by atoms with Crippen LogP contribution in [-0.4, -0.2) is 27.0 Å². The highest BCUT2D eigenvalue weighted by Gasteiger charge is 2.38. The number of ether oxygens (including phenoxy) is 1. The number of benzene rings is 3. The Morgan fingerprint density at radius 3 is 2.51 bits per heavy atom. The Bertz CT molecular complexity index is 1420. The van der Waals surface area contributed by atoms with Crippen LogP contribution in [0.5, 0.6) is 5.75 Å². The molecule has 0 saturated heterocycles. The first kappa shape index (κ1) is 25.6. The number of fused-ring (bicyclic) bond motifs is 2. The third kappa shape index (κ3) is 5.20. The predicted molar refractivity (Wildman–Crippen MR) is 146 cm³/mol. The van der Waals surface area contributed by atoms with Crippen molar-refractivity contribution in [3.63, 3.8) is 0 Å². The lowest BCUT2D eigenvalue weighted by molar-refractivity contribution is -0.128. The molecule has 0 radical (unpaired) electrons. The second-order valence-electron chi connectivity index (χ2n) is 9.77. The van der Waals surface area contributed by atoms with E-state index in [4.69, 9.17) is 16.3 Å². The number of hydrogen-bond acceptors (Lipinski definition) is 4. The minimum atomic E-state index is -3.96. The molecule has 1 amide bonds. The highest BCUT2D eigenvalue weighted by Crippen LogP contribution is 2.39. The fraction of sp³-hybridized carbons (Fsp3) is 0.345. The number of anilines is 1. The number of rotatable bonds is 6. The van der Waals surface area contributed by atoms with Gasteiger partial charge >= 0.3 is 0 Å². The number of amides is 1. The number of nitrogens with one attached hydrogen (secondary N) is 1. The number of carbonyl (C=O) groups is 1. The van der Waals surface area contributed by atoms with Crippen molar-refractivity contribution >= 4 is 33.2 Å². The molecule has 3 aromatic carbocycles. The normalized spacial score (nSPS) is 17.8. The zero-order chi connectivity index (χ0) is 26.2. The van der Waals surface area contributed by atoms with E-state index in [9.17, 15) is 13.2 Å². The largest absolute Gasteiger partial charge is 0.476 e. The fourth-order valence-electron chi connectivity index (χ4n) is 5.08. The summed E-state index contributed by atoms with van der Waals surface area (Å²) in [6.07, 6.45) is 4.25. The van der Waals surface area contributed by atoms with Crippen molar-refractivity contribution in [1.82, 2.24) is 5.32 Å². The van der Waals surface area contributed by atoms with Crippen molar-refractivity contribution in [3.8, 4) is 5.75 Å². The molecule has 8 heteroatoms. The quantitative estimate of drug-likeness (QED) is 0.433. The van der Waals surface area contributed by atoms with Crippen LogP contribution in [0.15, 0.2) is 65.6 Å². The van der Waals surface area contributed by atoms with Gasteiger partial charge in [0.15, 0.2) is 6.10 Å². The van der Waals surface area contributed by atoms with Crippen LogP contribution in [0.2, 0.25) is 5.02 Å². The minimum absolute atomic E-state index is 0.144. The number of carbonyl (C=O) groups excluding carboxylic acids is 1. The van der Waals surface area contributed by atoms with E-state index in [1.807, 2.05) is 13.8 Å². The Hall–Kier alpha value is -3.03. The zero-order valence-electron chi connectivity index (χ0n) is 21.0. The molecule has 2 aliphatic rings. The summed E-state index contributed by atoms with van der Waals surface area (Å²) in [5.74, 6) is -0.0532. The van der Waals surface area contributed by atoms with Crippen molar-refractivity contribution in [2.24, 2.45) is 0 Å². The summed E-state index contributed by atoms with van der Waals surface area (Å²) in [5, 5.41) is 3.49. The van der Waals surface area contributed by atoms with E-state index in [1.165, 1.54) is 28.3 Å². The molecule has 1 aliphatic heterocycles. The topological polar surface area (TPSA) is 75.7 Å². The third-order valence-electron chi connectivity index (χ3n) is 7.19. The molecule has 0 aromatic heterocycles. The maximum Gasteiger partial charge on any atom is 0.264 e. The van der Waals surface area contributed by atoms with Crippen LogP contribution in [0.1, 0.15) is 54.5 Å². The Balaban J connectivity index is 1.42. The van der Waals surface area contributed by atoms with Gasteiger partial charge in [-0.25, -0.2) is 8.42 Å². The van der Waals surface area contributed by atoms with E-state index < -0.39 is 16.1 Å². The Morgan fingerprint density at radius 2 is 1.78 bits per heavy atom. The summed E-state index contributed by atoms with van der Waals surface area (Å²) in [6, 6.07) is 17.7. The molecule has 6 nitrogen and oxygen atoms in total. The highest BCUT2D eigenvalue weighted by molar-refractivity contribution is 7.92. The smallest absolute Gasteiger partial charge is 0.264 e. The second-order valence-corrected chi connectivity index (χ2v) is 12.1. The molecular weight excluding hydrogens is 508 g/mol. The Kier molecular flexibility index (Phi) is 7.19. The van der Waals surface area contributed by atoms with Crippen molar-refractivity contribution in [2.45, 2.75) is 63.0 Å². The number of sulfonamides is 1. The molecule has 3 aromatic rings. The summed E-state index contributed by atoms with van der Waals surface area (Å²) in [4.78, 5) is 13.6. The zero-order valence-corrected chi connectivity index (χ0v) is 22.6. The SMILES string of the molecule is CC[C@H](NC(=O)[C@H]1CN(S(=O)(=O)c2ccc(C)cc2)c2cc(Cl)ccc2O1)c1ccc2c(c1)CCCC2. The van der Waals surface area contributed by atoms with Crippen molar-refractivity contribution in [3.05, 3.63) is 87.9 Å². The molecule has 0 saturated carbocycles. The van der Waals surface area contributed by atoms with Gasteiger partial charge in [-0.05, 0) is 86.1 Å². The molecular formula is C29H31ClN2O4S. The van der Waals surface area contributed by atoms with Gasteiger partial charge in [0.25, 0.3) is 15.9 Å². The van der Waals surface area contributed by atoms with Gasteiger partial charge in [-0.2, -0.15) is 0 Å². The number of hydrogen-bond donors (Lipinski definition) is 1. The number of aryl methyl sites for hydroxylation is 3. The van der Waals surface area contributed by atoms with Gasteiger partial charge in [-0.3, -0.25) is 9.10 Å². The maximum absolute atomic E-state index is 13.7. The van der Waals surface area contributed by atoms with Gasteiger partial charge in [0.2, 0.25) is 0 Å². The van der Waals surface area contributed by atoms with Gasteiger partial charge in [0.1, 0.15) is 5.75 Å². The molecule has 5 rings (SSSR count). The molecule has 194 valence electrons. The van der Waals surface area contributed by atoms with Crippen molar-refractivity contribution in [2.75, 3.05) is 10.8 Å². The Morgan fingerprint density at radius 1 is 1.05 bits per heavy atom. The van der Waals surface area contributed by atoms with Gasteiger partial charge in [0, 0.05) is 5.02 Å². The third-order valence-corrected chi connectivity index (χ3v) is 9.22. The first-order valence-corrected chi connectivity index (χ1v) is 14.6. The molecule has 1 aliphatic carbocycles. The van der Waals surface area contributed by atoms with Gasteiger partial charge in [0.05, 0.1) is 23.2 Å². The molecule has 0 spiro atoms. The van der Waals surface area contributed by atoms with E-state index in [0.29, 0.717) is 22.9 Å². The van der Waals surface area contributed by atoms with Crippen LogP contribution in [0.3, 0.4) is 0 Å². The number of halogens is 1. The summed E-state index contributed by atoms with van der Waals surface area (Å²) in [5.41, 5.74) is 5.07.